The summed E-state index contributed by atoms with van der Waals surface area (Å²) in [4.78, 5) is 14.4. The number of hydrogen-bond donors (Lipinski definition) is 1. The van der Waals surface area contributed by atoms with Gasteiger partial charge in [0.05, 0.1) is 13.2 Å². The van der Waals surface area contributed by atoms with Crippen LogP contribution in [0.5, 0.6) is 5.75 Å². The Kier molecular flexibility index (Phi) is 5.23. The second-order valence-corrected chi connectivity index (χ2v) is 6.15. The van der Waals surface area contributed by atoms with Crippen molar-refractivity contribution in [3.8, 4) is 5.75 Å². The number of aryl methyl sites for hydroxylation is 1. The second kappa shape index (κ2) is 6.94. The first-order valence-corrected chi connectivity index (χ1v) is 7.63. The van der Waals surface area contributed by atoms with Crippen molar-refractivity contribution in [1.82, 2.24) is 10.2 Å². The lowest BCUT2D eigenvalue weighted by Crippen LogP contribution is -2.48. The van der Waals surface area contributed by atoms with Gasteiger partial charge in [0.2, 0.25) is 5.91 Å². The smallest absolute Gasteiger partial charge is 0.239 e. The van der Waals surface area contributed by atoms with Gasteiger partial charge in [0.15, 0.2) is 0 Å². The summed E-state index contributed by atoms with van der Waals surface area (Å²) in [6, 6.07) is 6.02. The molecule has 0 aromatic heterocycles. The Labute approximate surface area is 127 Å². The Morgan fingerprint density at radius 2 is 2.24 bits per heavy atom. The molecule has 4 nitrogen and oxygen atoms in total. The number of methoxy groups -OCH3 is 1. The Balaban J connectivity index is 2.05. The van der Waals surface area contributed by atoms with Crippen molar-refractivity contribution in [2.45, 2.75) is 39.3 Å². The number of likely N-dealkylation sites (N-methyl/N-ethyl adjacent to an activating group) is 1. The van der Waals surface area contributed by atoms with E-state index in [0.29, 0.717) is 12.5 Å². The van der Waals surface area contributed by atoms with E-state index < -0.39 is 0 Å². The van der Waals surface area contributed by atoms with E-state index in [4.69, 9.17) is 4.74 Å². The predicted octanol–water partition coefficient (Wildman–Crippen LogP) is 2.35. The van der Waals surface area contributed by atoms with Crippen LogP contribution in [-0.2, 0) is 11.3 Å². The molecule has 1 amide bonds. The SMILES string of the molecule is COc1ccc(C)cc1CN(C)C(=O)C1CC(C)CCN1. The summed E-state index contributed by atoms with van der Waals surface area (Å²) in [6.07, 6.45) is 2.08. The molecule has 1 aromatic carbocycles. The lowest BCUT2D eigenvalue weighted by molar-refractivity contribution is -0.133. The minimum Gasteiger partial charge on any atom is -0.496 e. The molecule has 4 heteroatoms. The van der Waals surface area contributed by atoms with Crippen molar-refractivity contribution in [2.75, 3.05) is 20.7 Å². The van der Waals surface area contributed by atoms with Gasteiger partial charge in [-0.3, -0.25) is 4.79 Å². The van der Waals surface area contributed by atoms with Crippen LogP contribution in [0.2, 0.25) is 0 Å². The Morgan fingerprint density at radius 1 is 1.48 bits per heavy atom. The first-order chi connectivity index (χ1) is 10.0. The number of nitrogens with zero attached hydrogens (tertiary/aromatic N) is 1. The highest BCUT2D eigenvalue weighted by molar-refractivity contribution is 5.81. The number of piperidine rings is 1. The number of amides is 1. The molecule has 21 heavy (non-hydrogen) atoms. The first-order valence-electron chi connectivity index (χ1n) is 7.63. The van der Waals surface area contributed by atoms with Crippen LogP contribution >= 0.6 is 0 Å². The molecule has 1 saturated heterocycles. The summed E-state index contributed by atoms with van der Waals surface area (Å²) in [6.45, 7) is 5.77. The number of carbonyl (C=O) groups is 1. The Hall–Kier alpha value is -1.55. The van der Waals surface area contributed by atoms with Crippen LogP contribution in [0.25, 0.3) is 0 Å². The molecule has 1 heterocycles. The van der Waals surface area contributed by atoms with Crippen molar-refractivity contribution in [3.05, 3.63) is 29.3 Å². The van der Waals surface area contributed by atoms with Crippen LogP contribution < -0.4 is 10.1 Å². The Bertz CT molecular complexity index is 502. The topological polar surface area (TPSA) is 41.6 Å². The number of benzene rings is 1. The number of carbonyl (C=O) groups excluding carboxylic acids is 1. The van der Waals surface area contributed by atoms with E-state index in [1.165, 1.54) is 5.56 Å². The molecular formula is C17H26N2O2. The standard InChI is InChI=1S/C17H26N2O2/c1-12-5-6-16(21-4)14(9-12)11-19(3)17(20)15-10-13(2)7-8-18-15/h5-6,9,13,15,18H,7-8,10-11H2,1-4H3. The third kappa shape index (κ3) is 3.97. The van der Waals surface area contributed by atoms with Gasteiger partial charge in [-0.05, 0) is 38.3 Å². The second-order valence-electron chi connectivity index (χ2n) is 6.15. The van der Waals surface area contributed by atoms with Gasteiger partial charge in [0.1, 0.15) is 5.75 Å². The van der Waals surface area contributed by atoms with E-state index in [1.807, 2.05) is 19.2 Å². The van der Waals surface area contributed by atoms with Crippen LogP contribution in [0, 0.1) is 12.8 Å². The number of rotatable bonds is 4. The highest BCUT2D eigenvalue weighted by Crippen LogP contribution is 2.22. The average molecular weight is 290 g/mol. The highest BCUT2D eigenvalue weighted by atomic mass is 16.5. The molecule has 0 saturated carbocycles. The van der Waals surface area contributed by atoms with E-state index in [1.54, 1.807) is 12.0 Å². The minimum absolute atomic E-state index is 0.0467. The molecule has 116 valence electrons. The molecule has 1 aromatic rings. The molecule has 0 spiro atoms. The zero-order valence-corrected chi connectivity index (χ0v) is 13.5. The van der Waals surface area contributed by atoms with Crippen LogP contribution in [0.3, 0.4) is 0 Å². The van der Waals surface area contributed by atoms with Crippen LogP contribution in [-0.4, -0.2) is 37.6 Å². The van der Waals surface area contributed by atoms with Gasteiger partial charge in [0.25, 0.3) is 0 Å². The fourth-order valence-electron chi connectivity index (χ4n) is 2.93. The van der Waals surface area contributed by atoms with Crippen molar-refractivity contribution in [1.29, 1.82) is 0 Å². The van der Waals surface area contributed by atoms with E-state index in [-0.39, 0.29) is 11.9 Å². The van der Waals surface area contributed by atoms with Gasteiger partial charge in [-0.1, -0.05) is 24.6 Å². The van der Waals surface area contributed by atoms with Gasteiger partial charge in [0, 0.05) is 19.2 Å². The molecule has 1 fully saturated rings. The van der Waals surface area contributed by atoms with Crippen molar-refractivity contribution in [3.63, 3.8) is 0 Å². The van der Waals surface area contributed by atoms with Gasteiger partial charge in [-0.2, -0.15) is 0 Å². The van der Waals surface area contributed by atoms with E-state index >= 15 is 0 Å². The van der Waals surface area contributed by atoms with Gasteiger partial charge in [-0.25, -0.2) is 0 Å². The minimum atomic E-state index is -0.0467. The maximum Gasteiger partial charge on any atom is 0.239 e. The molecule has 0 bridgehead atoms. The van der Waals surface area contributed by atoms with Crippen molar-refractivity contribution >= 4 is 5.91 Å². The molecule has 1 aliphatic rings. The lowest BCUT2D eigenvalue weighted by Gasteiger charge is -2.30. The monoisotopic (exact) mass is 290 g/mol. The number of ether oxygens (including phenoxy) is 1. The van der Waals surface area contributed by atoms with Gasteiger partial charge in [-0.15, -0.1) is 0 Å². The normalized spacial score (nSPS) is 21.9. The zero-order chi connectivity index (χ0) is 15.4. The fraction of sp³-hybridized carbons (Fsp3) is 0.588. The highest BCUT2D eigenvalue weighted by Gasteiger charge is 2.27. The molecule has 1 N–H and O–H groups in total. The molecule has 2 rings (SSSR count). The maximum absolute atomic E-state index is 12.6. The van der Waals surface area contributed by atoms with E-state index in [2.05, 4.69) is 25.2 Å². The third-order valence-electron chi connectivity index (χ3n) is 4.18. The third-order valence-corrected chi connectivity index (χ3v) is 4.18. The fourth-order valence-corrected chi connectivity index (χ4v) is 2.93. The van der Waals surface area contributed by atoms with Crippen LogP contribution in [0.15, 0.2) is 18.2 Å². The first kappa shape index (κ1) is 15.8. The molecule has 1 aliphatic heterocycles. The number of nitrogens with one attached hydrogen (secondary N) is 1. The summed E-state index contributed by atoms with van der Waals surface area (Å²) in [5.74, 6) is 1.62. The Morgan fingerprint density at radius 3 is 2.90 bits per heavy atom. The molecule has 2 atom stereocenters. The predicted molar refractivity (Wildman–Crippen MR) is 84.4 cm³/mol. The summed E-state index contributed by atoms with van der Waals surface area (Å²) in [5, 5.41) is 3.33. The van der Waals surface area contributed by atoms with E-state index in [0.717, 1.165) is 30.7 Å². The summed E-state index contributed by atoms with van der Waals surface area (Å²) >= 11 is 0. The van der Waals surface area contributed by atoms with Crippen molar-refractivity contribution < 1.29 is 9.53 Å². The van der Waals surface area contributed by atoms with Gasteiger partial charge < -0.3 is 15.0 Å². The summed E-state index contributed by atoms with van der Waals surface area (Å²) in [5.41, 5.74) is 2.23. The van der Waals surface area contributed by atoms with Crippen LogP contribution in [0.4, 0.5) is 0 Å². The largest absolute Gasteiger partial charge is 0.496 e. The van der Waals surface area contributed by atoms with Gasteiger partial charge >= 0.3 is 0 Å². The summed E-state index contributed by atoms with van der Waals surface area (Å²) < 4.78 is 5.39. The van der Waals surface area contributed by atoms with Crippen molar-refractivity contribution in [2.24, 2.45) is 5.92 Å². The molecule has 0 radical (unpaired) electrons. The van der Waals surface area contributed by atoms with E-state index in [9.17, 15) is 4.79 Å². The number of hydrogen-bond acceptors (Lipinski definition) is 3. The molecular weight excluding hydrogens is 264 g/mol. The average Bonchev–Trinajstić information content (AvgIpc) is 2.46. The molecule has 2 unspecified atom stereocenters. The maximum atomic E-state index is 12.6. The lowest BCUT2D eigenvalue weighted by atomic mass is 9.93. The molecule has 0 aliphatic carbocycles. The summed E-state index contributed by atoms with van der Waals surface area (Å²) in [7, 11) is 3.53. The van der Waals surface area contributed by atoms with Crippen LogP contribution in [0.1, 0.15) is 30.9 Å². The zero-order valence-electron chi connectivity index (χ0n) is 13.5. The quantitative estimate of drug-likeness (QED) is 0.925.